The largest absolute Gasteiger partial charge is 0.454 e. The molecule has 1 atom stereocenters. The highest BCUT2D eigenvalue weighted by Gasteiger charge is 2.31. The van der Waals surface area contributed by atoms with Gasteiger partial charge in [0, 0.05) is 18.3 Å². The molecule has 1 aromatic heterocycles. The lowest BCUT2D eigenvalue weighted by Crippen LogP contribution is -2.43. The molecule has 1 amide bonds. The van der Waals surface area contributed by atoms with E-state index in [2.05, 4.69) is 10.2 Å². The van der Waals surface area contributed by atoms with Crippen molar-refractivity contribution in [3.05, 3.63) is 41.7 Å². The summed E-state index contributed by atoms with van der Waals surface area (Å²) in [5.41, 5.74) is 1.45. The van der Waals surface area contributed by atoms with Gasteiger partial charge in [0.05, 0.1) is 24.9 Å². The fraction of sp³-hybridized carbons (Fsp3) is 0.333. The molecule has 0 aliphatic carbocycles. The van der Waals surface area contributed by atoms with Gasteiger partial charge in [0.25, 0.3) is 5.91 Å². The Balaban J connectivity index is 1.62. The molecular weight excluding hydrogens is 286 g/mol. The average Bonchev–Trinajstić information content (AvgIpc) is 3.24. The molecule has 2 aliphatic rings. The summed E-state index contributed by atoms with van der Waals surface area (Å²) in [6.07, 6.45) is 1.67. The second kappa shape index (κ2) is 5.34. The van der Waals surface area contributed by atoms with E-state index in [0.29, 0.717) is 36.8 Å². The number of carbonyl (C=O) groups is 1. The van der Waals surface area contributed by atoms with Crippen LogP contribution in [-0.4, -0.2) is 47.6 Å². The van der Waals surface area contributed by atoms with Gasteiger partial charge in [-0.05, 0) is 24.3 Å². The highest BCUT2D eigenvalue weighted by Crippen LogP contribution is 2.33. The van der Waals surface area contributed by atoms with Gasteiger partial charge in [-0.25, -0.2) is 0 Å². The van der Waals surface area contributed by atoms with Gasteiger partial charge in [0.1, 0.15) is 0 Å². The number of morpholine rings is 1. The van der Waals surface area contributed by atoms with Crippen LogP contribution in [0.25, 0.3) is 0 Å². The molecule has 7 heteroatoms. The van der Waals surface area contributed by atoms with Crippen molar-refractivity contribution in [2.45, 2.75) is 6.04 Å². The Kier molecular flexibility index (Phi) is 3.19. The maximum Gasteiger partial charge on any atom is 0.254 e. The summed E-state index contributed by atoms with van der Waals surface area (Å²) in [5, 5.41) is 6.87. The zero-order valence-corrected chi connectivity index (χ0v) is 11.8. The van der Waals surface area contributed by atoms with E-state index in [4.69, 9.17) is 14.2 Å². The second-order valence-electron chi connectivity index (χ2n) is 5.17. The van der Waals surface area contributed by atoms with Gasteiger partial charge < -0.3 is 19.1 Å². The van der Waals surface area contributed by atoms with Gasteiger partial charge in [-0.3, -0.25) is 9.89 Å². The Bertz CT molecular complexity index is 686. The van der Waals surface area contributed by atoms with Crippen molar-refractivity contribution in [1.82, 2.24) is 15.1 Å². The third-order valence-electron chi connectivity index (χ3n) is 3.89. The highest BCUT2D eigenvalue weighted by atomic mass is 16.7. The molecule has 2 aromatic rings. The molecule has 114 valence electrons. The maximum absolute atomic E-state index is 12.8. The summed E-state index contributed by atoms with van der Waals surface area (Å²) in [5.74, 6) is 1.22. The number of nitrogens with one attached hydrogen (secondary N) is 1. The minimum Gasteiger partial charge on any atom is -0.454 e. The van der Waals surface area contributed by atoms with E-state index in [0.717, 1.165) is 5.69 Å². The van der Waals surface area contributed by atoms with E-state index in [1.807, 2.05) is 6.07 Å². The van der Waals surface area contributed by atoms with Gasteiger partial charge in [-0.2, -0.15) is 5.10 Å². The minimum absolute atomic E-state index is 0.0544. The number of amides is 1. The minimum atomic E-state index is -0.158. The first-order chi connectivity index (χ1) is 10.8. The summed E-state index contributed by atoms with van der Waals surface area (Å²) in [7, 11) is 0. The van der Waals surface area contributed by atoms with Gasteiger partial charge in [0.15, 0.2) is 11.5 Å². The molecule has 0 unspecified atom stereocenters. The number of carbonyl (C=O) groups excluding carboxylic acids is 1. The normalized spacial score (nSPS) is 20.2. The van der Waals surface area contributed by atoms with Crippen molar-refractivity contribution in [3.8, 4) is 11.5 Å². The molecule has 0 bridgehead atoms. The van der Waals surface area contributed by atoms with Gasteiger partial charge in [-0.1, -0.05) is 0 Å². The van der Waals surface area contributed by atoms with Crippen LogP contribution in [0.4, 0.5) is 0 Å². The van der Waals surface area contributed by atoms with Crippen LogP contribution in [0, 0.1) is 0 Å². The number of fused-ring (bicyclic) bond motifs is 1. The van der Waals surface area contributed by atoms with Crippen LogP contribution in [0.2, 0.25) is 0 Å². The first-order valence-corrected chi connectivity index (χ1v) is 7.10. The molecule has 2 aliphatic heterocycles. The van der Waals surface area contributed by atoms with Crippen molar-refractivity contribution in [1.29, 1.82) is 0 Å². The molecular formula is C15H15N3O4. The summed E-state index contributed by atoms with van der Waals surface area (Å²) in [6, 6.07) is 6.95. The highest BCUT2D eigenvalue weighted by molar-refractivity contribution is 5.95. The lowest BCUT2D eigenvalue weighted by molar-refractivity contribution is -0.00392. The van der Waals surface area contributed by atoms with Crippen molar-refractivity contribution in [2.24, 2.45) is 0 Å². The average molecular weight is 301 g/mol. The van der Waals surface area contributed by atoms with Crippen molar-refractivity contribution in [2.75, 3.05) is 26.6 Å². The third kappa shape index (κ3) is 2.19. The predicted octanol–water partition coefficient (Wildman–Crippen LogP) is 1.35. The predicted molar refractivity (Wildman–Crippen MR) is 75.7 cm³/mol. The first kappa shape index (κ1) is 13.1. The number of ether oxygens (including phenoxy) is 3. The fourth-order valence-electron chi connectivity index (χ4n) is 2.75. The molecule has 7 nitrogen and oxygen atoms in total. The number of hydrogen-bond acceptors (Lipinski definition) is 5. The van der Waals surface area contributed by atoms with Gasteiger partial charge in [0.2, 0.25) is 6.79 Å². The van der Waals surface area contributed by atoms with Crippen LogP contribution in [0.1, 0.15) is 22.1 Å². The standard InChI is InChI=1S/C15H15N3O4/c19-15(10-1-2-13-14(7-10)22-9-21-13)18-5-6-20-8-12(18)11-3-4-16-17-11/h1-4,7,12H,5-6,8-9H2,(H,16,17)/t12-/m1/s1. The number of aromatic nitrogens is 2. The summed E-state index contributed by atoms with van der Waals surface area (Å²) >= 11 is 0. The van der Waals surface area contributed by atoms with Crippen LogP contribution < -0.4 is 9.47 Å². The smallest absolute Gasteiger partial charge is 0.254 e. The van der Waals surface area contributed by atoms with Gasteiger partial charge in [-0.15, -0.1) is 0 Å². The number of aromatic amines is 1. The molecule has 0 radical (unpaired) electrons. The first-order valence-electron chi connectivity index (χ1n) is 7.10. The van der Waals surface area contributed by atoms with Crippen molar-refractivity contribution in [3.63, 3.8) is 0 Å². The zero-order valence-electron chi connectivity index (χ0n) is 11.8. The van der Waals surface area contributed by atoms with Crippen LogP contribution in [-0.2, 0) is 4.74 Å². The van der Waals surface area contributed by atoms with E-state index < -0.39 is 0 Å². The number of benzene rings is 1. The molecule has 4 rings (SSSR count). The van der Waals surface area contributed by atoms with Crippen LogP contribution in [0.3, 0.4) is 0 Å². The Morgan fingerprint density at radius 2 is 2.18 bits per heavy atom. The lowest BCUT2D eigenvalue weighted by atomic mass is 10.1. The number of H-pyrrole nitrogens is 1. The number of hydrogen-bond donors (Lipinski definition) is 1. The molecule has 0 saturated carbocycles. The molecule has 1 saturated heterocycles. The molecule has 1 N–H and O–H groups in total. The second-order valence-corrected chi connectivity index (χ2v) is 5.17. The zero-order chi connectivity index (χ0) is 14.9. The third-order valence-corrected chi connectivity index (χ3v) is 3.89. The van der Waals surface area contributed by atoms with Crippen LogP contribution in [0.15, 0.2) is 30.5 Å². The van der Waals surface area contributed by atoms with E-state index in [9.17, 15) is 4.79 Å². The van der Waals surface area contributed by atoms with E-state index >= 15 is 0 Å². The van der Waals surface area contributed by atoms with Crippen LogP contribution in [0.5, 0.6) is 11.5 Å². The number of rotatable bonds is 2. The van der Waals surface area contributed by atoms with E-state index in [-0.39, 0.29) is 18.7 Å². The topological polar surface area (TPSA) is 76.7 Å². The Hall–Kier alpha value is -2.54. The monoisotopic (exact) mass is 301 g/mol. The molecule has 22 heavy (non-hydrogen) atoms. The molecule has 3 heterocycles. The van der Waals surface area contributed by atoms with Crippen molar-refractivity contribution >= 4 is 5.91 Å². The quantitative estimate of drug-likeness (QED) is 0.906. The molecule has 1 aromatic carbocycles. The van der Waals surface area contributed by atoms with Gasteiger partial charge >= 0.3 is 0 Å². The maximum atomic E-state index is 12.8. The summed E-state index contributed by atoms with van der Waals surface area (Å²) in [6.45, 7) is 1.72. The van der Waals surface area contributed by atoms with E-state index in [1.165, 1.54) is 0 Å². The number of nitrogens with zero attached hydrogens (tertiary/aromatic N) is 2. The molecule has 1 fully saturated rings. The Morgan fingerprint density at radius 1 is 1.27 bits per heavy atom. The van der Waals surface area contributed by atoms with Crippen LogP contribution >= 0.6 is 0 Å². The lowest BCUT2D eigenvalue weighted by Gasteiger charge is -2.35. The fourth-order valence-corrected chi connectivity index (χ4v) is 2.75. The van der Waals surface area contributed by atoms with E-state index in [1.54, 1.807) is 29.3 Å². The molecule has 0 spiro atoms. The Morgan fingerprint density at radius 3 is 3.05 bits per heavy atom. The summed E-state index contributed by atoms with van der Waals surface area (Å²) < 4.78 is 16.1. The summed E-state index contributed by atoms with van der Waals surface area (Å²) in [4.78, 5) is 14.6. The van der Waals surface area contributed by atoms with Crippen molar-refractivity contribution < 1.29 is 19.0 Å². The SMILES string of the molecule is O=C(c1ccc2c(c1)OCO2)N1CCOC[C@@H]1c1ccn[nH]1. The Labute approximate surface area is 126 Å².